The predicted molar refractivity (Wildman–Crippen MR) is 103 cm³/mol. The molecule has 0 saturated carbocycles. The molecule has 2 heterocycles. The maximum atomic E-state index is 13.0. The van der Waals surface area contributed by atoms with E-state index in [2.05, 4.69) is 32.5 Å². The molecule has 2 aromatic carbocycles. The third-order valence-electron chi connectivity index (χ3n) is 4.54. The van der Waals surface area contributed by atoms with Crippen LogP contribution in [0.1, 0.15) is 5.56 Å². The molecule has 1 aliphatic rings. The van der Waals surface area contributed by atoms with E-state index in [1.165, 1.54) is 17.7 Å². The van der Waals surface area contributed by atoms with Gasteiger partial charge in [0.25, 0.3) is 0 Å². The van der Waals surface area contributed by atoms with E-state index in [-0.39, 0.29) is 5.82 Å². The Kier molecular flexibility index (Phi) is 5.37. The van der Waals surface area contributed by atoms with Crippen molar-refractivity contribution >= 4 is 11.5 Å². The van der Waals surface area contributed by atoms with Gasteiger partial charge in [0.2, 0.25) is 0 Å². The van der Waals surface area contributed by atoms with Gasteiger partial charge in [0, 0.05) is 30.9 Å². The molecule has 0 aliphatic carbocycles. The third kappa shape index (κ3) is 4.67. The topological polar surface area (TPSA) is 50.3 Å². The van der Waals surface area contributed by atoms with Crippen LogP contribution in [0.25, 0.3) is 11.3 Å². The number of benzene rings is 2. The van der Waals surface area contributed by atoms with Crippen molar-refractivity contribution in [1.29, 1.82) is 0 Å². The fourth-order valence-electron chi connectivity index (χ4n) is 3.03. The molecular formula is C21H21FN4O. The molecule has 0 bridgehead atoms. The normalized spacial score (nSPS) is 14.9. The van der Waals surface area contributed by atoms with Crippen LogP contribution in [0.15, 0.2) is 60.7 Å². The molecule has 0 atom stereocenters. The zero-order chi connectivity index (χ0) is 18.5. The average Bonchev–Trinajstić information content (AvgIpc) is 2.72. The quantitative estimate of drug-likeness (QED) is 0.745. The zero-order valence-corrected chi connectivity index (χ0v) is 14.9. The van der Waals surface area contributed by atoms with E-state index in [1.807, 2.05) is 24.3 Å². The first kappa shape index (κ1) is 17.6. The summed E-state index contributed by atoms with van der Waals surface area (Å²) >= 11 is 0. The van der Waals surface area contributed by atoms with Gasteiger partial charge < -0.3 is 10.1 Å². The lowest BCUT2D eigenvalue weighted by Crippen LogP contribution is -2.35. The Morgan fingerprint density at radius 1 is 0.889 bits per heavy atom. The lowest BCUT2D eigenvalue weighted by Gasteiger charge is -2.26. The largest absolute Gasteiger partial charge is 0.379 e. The van der Waals surface area contributed by atoms with Crippen molar-refractivity contribution in [3.63, 3.8) is 0 Å². The van der Waals surface area contributed by atoms with Gasteiger partial charge in [0.1, 0.15) is 5.82 Å². The standard InChI is InChI=1S/C21H21FN4O/c22-18-5-3-17(4-6-18)20-9-10-21(25-24-20)23-19-7-1-16(2-8-19)15-26-11-13-27-14-12-26/h1-10H,11-15H2,(H,23,25). The second-order valence-corrected chi connectivity index (χ2v) is 6.52. The summed E-state index contributed by atoms with van der Waals surface area (Å²) in [4.78, 5) is 2.39. The number of halogens is 1. The second kappa shape index (κ2) is 8.24. The average molecular weight is 364 g/mol. The molecule has 1 aromatic heterocycles. The number of aromatic nitrogens is 2. The Labute approximate surface area is 157 Å². The monoisotopic (exact) mass is 364 g/mol. The van der Waals surface area contributed by atoms with E-state index in [9.17, 15) is 4.39 Å². The Morgan fingerprint density at radius 3 is 2.30 bits per heavy atom. The number of hydrogen-bond acceptors (Lipinski definition) is 5. The number of nitrogens with zero attached hydrogens (tertiary/aromatic N) is 3. The lowest BCUT2D eigenvalue weighted by molar-refractivity contribution is 0.0342. The molecule has 1 fully saturated rings. The maximum absolute atomic E-state index is 13.0. The van der Waals surface area contributed by atoms with Crippen LogP contribution in [0.3, 0.4) is 0 Å². The summed E-state index contributed by atoms with van der Waals surface area (Å²) in [6.45, 7) is 4.53. The molecule has 3 aromatic rings. The molecule has 27 heavy (non-hydrogen) atoms. The first-order chi connectivity index (χ1) is 13.3. The summed E-state index contributed by atoms with van der Waals surface area (Å²) in [7, 11) is 0. The number of ether oxygens (including phenoxy) is 1. The van der Waals surface area contributed by atoms with Crippen molar-refractivity contribution in [2.45, 2.75) is 6.54 Å². The first-order valence-electron chi connectivity index (χ1n) is 9.02. The van der Waals surface area contributed by atoms with Gasteiger partial charge in [0.15, 0.2) is 5.82 Å². The van der Waals surface area contributed by atoms with E-state index in [1.54, 1.807) is 12.1 Å². The van der Waals surface area contributed by atoms with Gasteiger partial charge in [-0.1, -0.05) is 12.1 Å². The van der Waals surface area contributed by atoms with Crippen molar-refractivity contribution in [2.24, 2.45) is 0 Å². The van der Waals surface area contributed by atoms with Gasteiger partial charge in [-0.05, 0) is 54.1 Å². The van der Waals surface area contributed by atoms with Crippen molar-refractivity contribution in [3.8, 4) is 11.3 Å². The van der Waals surface area contributed by atoms with Crippen LogP contribution in [-0.4, -0.2) is 41.4 Å². The third-order valence-corrected chi connectivity index (χ3v) is 4.54. The van der Waals surface area contributed by atoms with Crippen LogP contribution in [-0.2, 0) is 11.3 Å². The minimum atomic E-state index is -0.262. The molecule has 0 unspecified atom stereocenters. The molecular weight excluding hydrogens is 343 g/mol. The Bertz CT molecular complexity index is 860. The van der Waals surface area contributed by atoms with Crippen LogP contribution in [0.5, 0.6) is 0 Å². The van der Waals surface area contributed by atoms with E-state index in [0.29, 0.717) is 11.5 Å². The fraction of sp³-hybridized carbons (Fsp3) is 0.238. The molecule has 4 rings (SSSR count). The van der Waals surface area contributed by atoms with E-state index >= 15 is 0 Å². The van der Waals surface area contributed by atoms with Crippen molar-refractivity contribution in [3.05, 3.63) is 72.0 Å². The zero-order valence-electron chi connectivity index (χ0n) is 14.9. The van der Waals surface area contributed by atoms with E-state index < -0.39 is 0 Å². The predicted octanol–water partition coefficient (Wildman–Crippen LogP) is 3.86. The smallest absolute Gasteiger partial charge is 0.153 e. The molecule has 1 saturated heterocycles. The number of hydrogen-bond donors (Lipinski definition) is 1. The molecule has 5 nitrogen and oxygen atoms in total. The SMILES string of the molecule is Fc1ccc(-c2ccc(Nc3ccc(CN4CCOCC4)cc3)nn2)cc1. The number of nitrogens with one attached hydrogen (secondary N) is 1. The fourth-order valence-corrected chi connectivity index (χ4v) is 3.03. The Morgan fingerprint density at radius 2 is 1.63 bits per heavy atom. The number of rotatable bonds is 5. The summed E-state index contributed by atoms with van der Waals surface area (Å²) in [5, 5.41) is 11.7. The van der Waals surface area contributed by atoms with Crippen LogP contribution >= 0.6 is 0 Å². The number of morpholine rings is 1. The summed E-state index contributed by atoms with van der Waals surface area (Å²) in [5.74, 6) is 0.406. The van der Waals surface area contributed by atoms with Crippen LogP contribution in [0, 0.1) is 5.82 Å². The Balaban J connectivity index is 1.37. The van der Waals surface area contributed by atoms with Crippen LogP contribution in [0.4, 0.5) is 15.9 Å². The van der Waals surface area contributed by atoms with Gasteiger partial charge in [-0.15, -0.1) is 10.2 Å². The molecule has 0 radical (unpaired) electrons. The van der Waals surface area contributed by atoms with Crippen LogP contribution in [0.2, 0.25) is 0 Å². The maximum Gasteiger partial charge on any atom is 0.153 e. The van der Waals surface area contributed by atoms with Crippen molar-refractivity contribution in [1.82, 2.24) is 15.1 Å². The summed E-state index contributed by atoms with van der Waals surface area (Å²) in [6.07, 6.45) is 0. The van der Waals surface area contributed by atoms with Crippen molar-refractivity contribution in [2.75, 3.05) is 31.6 Å². The van der Waals surface area contributed by atoms with Gasteiger partial charge in [-0.2, -0.15) is 0 Å². The van der Waals surface area contributed by atoms with Crippen LogP contribution < -0.4 is 5.32 Å². The summed E-state index contributed by atoms with van der Waals surface area (Å²) < 4.78 is 18.4. The minimum Gasteiger partial charge on any atom is -0.379 e. The highest BCUT2D eigenvalue weighted by molar-refractivity contribution is 5.61. The summed E-state index contributed by atoms with van der Waals surface area (Å²) in [6, 6.07) is 18.3. The van der Waals surface area contributed by atoms with Gasteiger partial charge in [-0.3, -0.25) is 4.90 Å². The molecule has 6 heteroatoms. The van der Waals surface area contributed by atoms with Gasteiger partial charge in [0.05, 0.1) is 18.9 Å². The molecule has 0 amide bonds. The first-order valence-corrected chi connectivity index (χ1v) is 9.02. The van der Waals surface area contributed by atoms with Gasteiger partial charge in [-0.25, -0.2) is 4.39 Å². The highest BCUT2D eigenvalue weighted by Crippen LogP contribution is 2.20. The van der Waals surface area contributed by atoms with Crippen molar-refractivity contribution < 1.29 is 9.13 Å². The molecule has 1 aliphatic heterocycles. The lowest BCUT2D eigenvalue weighted by atomic mass is 10.1. The highest BCUT2D eigenvalue weighted by atomic mass is 19.1. The van der Waals surface area contributed by atoms with E-state index in [4.69, 9.17) is 4.74 Å². The number of anilines is 2. The van der Waals surface area contributed by atoms with Gasteiger partial charge >= 0.3 is 0 Å². The highest BCUT2D eigenvalue weighted by Gasteiger charge is 2.10. The minimum absolute atomic E-state index is 0.262. The molecule has 138 valence electrons. The van der Waals surface area contributed by atoms with E-state index in [0.717, 1.165) is 44.1 Å². The molecule has 0 spiro atoms. The molecule has 1 N–H and O–H groups in total. The second-order valence-electron chi connectivity index (χ2n) is 6.52. The summed E-state index contributed by atoms with van der Waals surface area (Å²) in [5.41, 5.74) is 3.79. The Hall–Kier alpha value is -2.83.